The monoisotopic (exact) mass is 506 g/mol. The largest absolute Gasteiger partial charge is 0.522 e. The second-order valence-electron chi connectivity index (χ2n) is 7.96. The molecule has 1 aliphatic heterocycles. The first-order valence-corrected chi connectivity index (χ1v) is 10.7. The van der Waals surface area contributed by atoms with Crippen LogP contribution in [0.2, 0.25) is 5.02 Å². The van der Waals surface area contributed by atoms with E-state index in [2.05, 4.69) is 25.6 Å². The van der Waals surface area contributed by atoms with Crippen LogP contribution in [0, 0.1) is 5.82 Å². The summed E-state index contributed by atoms with van der Waals surface area (Å²) in [5.41, 5.74) is 0. The van der Waals surface area contributed by atoms with Crippen LogP contribution in [-0.2, 0) is 14.3 Å². The molecule has 4 rings (SSSR count). The summed E-state index contributed by atoms with van der Waals surface area (Å²) in [6.07, 6.45) is -4.75. The van der Waals surface area contributed by atoms with Crippen LogP contribution >= 0.6 is 11.6 Å². The summed E-state index contributed by atoms with van der Waals surface area (Å²) in [6.45, 7) is -0.429. The molecule has 9 nitrogen and oxygen atoms in total. The third-order valence-electron chi connectivity index (χ3n) is 5.47. The number of halogens is 5. The summed E-state index contributed by atoms with van der Waals surface area (Å²) in [7, 11) is 0. The van der Waals surface area contributed by atoms with Gasteiger partial charge in [-0.1, -0.05) is 11.6 Å². The first-order valence-electron chi connectivity index (χ1n) is 10.3. The minimum absolute atomic E-state index is 0.0778. The van der Waals surface area contributed by atoms with E-state index in [-0.39, 0.29) is 47.7 Å². The molecule has 2 atom stereocenters. The van der Waals surface area contributed by atoms with E-state index in [4.69, 9.17) is 20.8 Å². The molecule has 1 aromatic heterocycles. The fourth-order valence-corrected chi connectivity index (χ4v) is 3.81. The number of carbonyl (C=O) groups excluding carboxylic acids is 2. The fourth-order valence-electron chi connectivity index (χ4n) is 3.69. The lowest BCUT2D eigenvalue weighted by atomic mass is 9.82. The third-order valence-corrected chi connectivity index (χ3v) is 5.78. The van der Waals surface area contributed by atoms with Gasteiger partial charge in [-0.05, 0) is 37.8 Å². The van der Waals surface area contributed by atoms with Crippen molar-refractivity contribution in [2.75, 3.05) is 6.61 Å². The number of hydrogen-bond acceptors (Lipinski definition) is 7. The Bertz CT molecular complexity index is 1060. The Morgan fingerprint density at radius 3 is 2.65 bits per heavy atom. The van der Waals surface area contributed by atoms with Crippen LogP contribution in [0.15, 0.2) is 22.6 Å². The number of amides is 2. The highest BCUT2D eigenvalue weighted by Crippen LogP contribution is 2.41. The van der Waals surface area contributed by atoms with Crippen molar-refractivity contribution in [3.63, 3.8) is 0 Å². The van der Waals surface area contributed by atoms with Gasteiger partial charge < -0.3 is 19.8 Å². The van der Waals surface area contributed by atoms with E-state index in [1.54, 1.807) is 0 Å². The van der Waals surface area contributed by atoms with Crippen molar-refractivity contribution in [3.8, 4) is 5.75 Å². The van der Waals surface area contributed by atoms with Gasteiger partial charge in [-0.25, -0.2) is 4.39 Å². The summed E-state index contributed by atoms with van der Waals surface area (Å²) in [5.74, 6) is -1.62. The van der Waals surface area contributed by atoms with E-state index >= 15 is 0 Å². The lowest BCUT2D eigenvalue weighted by Gasteiger charge is -2.33. The van der Waals surface area contributed by atoms with Gasteiger partial charge in [-0.15, -0.1) is 23.4 Å². The van der Waals surface area contributed by atoms with Crippen LogP contribution in [0.3, 0.4) is 0 Å². The number of alkyl halides is 3. The Morgan fingerprint density at radius 2 is 1.97 bits per heavy atom. The molecule has 1 aliphatic carbocycles. The van der Waals surface area contributed by atoms with E-state index < -0.39 is 48.8 Å². The molecule has 2 fully saturated rings. The molecule has 0 spiro atoms. The van der Waals surface area contributed by atoms with Crippen molar-refractivity contribution >= 4 is 23.4 Å². The second kappa shape index (κ2) is 9.74. The predicted octanol–water partition coefficient (Wildman–Crippen LogP) is 3.16. The van der Waals surface area contributed by atoms with Gasteiger partial charge in [0.1, 0.15) is 23.7 Å². The summed E-state index contributed by atoms with van der Waals surface area (Å²) < 4.78 is 64.8. The molecule has 1 aromatic carbocycles. The van der Waals surface area contributed by atoms with Crippen LogP contribution in [0.25, 0.3) is 0 Å². The fraction of sp³-hybridized carbons (Fsp3) is 0.500. The van der Waals surface area contributed by atoms with Gasteiger partial charge in [0.05, 0.1) is 11.1 Å². The van der Waals surface area contributed by atoms with Gasteiger partial charge in [0, 0.05) is 12.0 Å². The molecular formula is C20H19ClF4N4O5. The average Bonchev–Trinajstić information content (AvgIpc) is 3.21. The summed E-state index contributed by atoms with van der Waals surface area (Å²) in [6, 6.07) is 2.34. The van der Waals surface area contributed by atoms with Crippen molar-refractivity contribution in [2.45, 2.75) is 56.2 Å². The number of piperidine rings is 1. The second-order valence-corrected chi connectivity index (χ2v) is 8.36. The molecule has 2 N–H and O–H groups in total. The highest BCUT2D eigenvalue weighted by atomic mass is 35.5. The zero-order chi connectivity index (χ0) is 24.5. The lowest BCUT2D eigenvalue weighted by Crippen LogP contribution is -2.52. The van der Waals surface area contributed by atoms with E-state index in [0.717, 1.165) is 6.07 Å². The minimum Gasteiger partial charge on any atom is -0.484 e. The molecule has 0 unspecified atom stereocenters. The zero-order valence-electron chi connectivity index (χ0n) is 17.4. The average molecular weight is 507 g/mol. The molecule has 1 saturated heterocycles. The number of carbonyl (C=O) groups is 2. The number of aromatic nitrogens is 2. The van der Waals surface area contributed by atoms with Crippen LogP contribution in [-0.4, -0.2) is 47.1 Å². The Kier molecular flexibility index (Phi) is 6.94. The Hall–Kier alpha value is -2.93. The molecule has 1 saturated carbocycles. The maximum absolute atomic E-state index is 13.4. The van der Waals surface area contributed by atoms with Gasteiger partial charge in [-0.3, -0.25) is 14.3 Å². The zero-order valence-corrected chi connectivity index (χ0v) is 18.2. The molecule has 14 heteroatoms. The smallest absolute Gasteiger partial charge is 0.484 e. The number of rotatable bonds is 7. The van der Waals surface area contributed by atoms with Crippen molar-refractivity contribution in [3.05, 3.63) is 40.8 Å². The number of ether oxygens (including phenoxy) is 2. The van der Waals surface area contributed by atoms with Gasteiger partial charge in [-0.2, -0.15) is 0 Å². The van der Waals surface area contributed by atoms with E-state index in [1.165, 1.54) is 12.1 Å². The topological polar surface area (TPSA) is 116 Å². The van der Waals surface area contributed by atoms with Gasteiger partial charge in [0.2, 0.25) is 17.7 Å². The summed E-state index contributed by atoms with van der Waals surface area (Å²) >= 11 is 5.59. The standard InChI is InChI=1S/C20H19ClF4N4O5/c21-12-2-1-10(7-13(12)22)32-8-16(30)26-14-3-4-15(27-17(14)31)19-29-28-18(33-19)9-5-11(6-9)34-20(23,24)25/h1-2,7,9,11,14-15H,3-6,8H2,(H,26,30)(H,27,31)/t9?,11?,14-,15-/m1/s1. The van der Waals surface area contributed by atoms with Crippen molar-refractivity contribution in [1.82, 2.24) is 20.8 Å². The van der Waals surface area contributed by atoms with Gasteiger partial charge in [0.25, 0.3) is 5.91 Å². The quantitative estimate of drug-likeness (QED) is 0.554. The number of nitrogens with one attached hydrogen (secondary N) is 2. The lowest BCUT2D eigenvalue weighted by molar-refractivity contribution is -0.352. The molecule has 2 aliphatic rings. The van der Waals surface area contributed by atoms with Crippen LogP contribution in [0.1, 0.15) is 49.4 Å². The van der Waals surface area contributed by atoms with Crippen molar-refractivity contribution in [2.24, 2.45) is 0 Å². The highest BCUT2D eigenvalue weighted by molar-refractivity contribution is 6.30. The molecule has 2 heterocycles. The van der Waals surface area contributed by atoms with Crippen molar-refractivity contribution < 1.29 is 41.0 Å². The maximum Gasteiger partial charge on any atom is 0.522 e. The third kappa shape index (κ3) is 5.95. The maximum atomic E-state index is 13.4. The SMILES string of the molecule is O=C(COc1ccc(Cl)c(F)c1)N[C@@H]1CC[C@H](c2nnc(C3CC(OC(F)(F)F)C3)o2)NC1=O. The minimum atomic E-state index is -4.69. The predicted molar refractivity (Wildman–Crippen MR) is 106 cm³/mol. The molecule has 0 bridgehead atoms. The van der Waals surface area contributed by atoms with E-state index in [9.17, 15) is 27.2 Å². The summed E-state index contributed by atoms with van der Waals surface area (Å²) in [4.78, 5) is 24.5. The Morgan fingerprint density at radius 1 is 1.24 bits per heavy atom. The Labute approximate surface area is 195 Å². The molecule has 0 radical (unpaired) electrons. The molecule has 34 heavy (non-hydrogen) atoms. The first kappa shape index (κ1) is 24.2. The molecule has 184 valence electrons. The van der Waals surface area contributed by atoms with Crippen LogP contribution < -0.4 is 15.4 Å². The van der Waals surface area contributed by atoms with Gasteiger partial charge >= 0.3 is 6.36 Å². The summed E-state index contributed by atoms with van der Waals surface area (Å²) in [5, 5.41) is 12.9. The number of benzene rings is 1. The van der Waals surface area contributed by atoms with Crippen LogP contribution in [0.4, 0.5) is 17.6 Å². The molecule has 2 aromatic rings. The van der Waals surface area contributed by atoms with Crippen LogP contribution in [0.5, 0.6) is 5.75 Å². The Balaban J connectivity index is 1.22. The highest BCUT2D eigenvalue weighted by Gasteiger charge is 2.43. The van der Waals surface area contributed by atoms with E-state index in [0.29, 0.717) is 6.42 Å². The molecule has 2 amide bonds. The van der Waals surface area contributed by atoms with E-state index in [1.807, 2.05) is 0 Å². The van der Waals surface area contributed by atoms with Crippen molar-refractivity contribution in [1.29, 1.82) is 0 Å². The first-order chi connectivity index (χ1) is 16.1. The number of nitrogens with zero attached hydrogens (tertiary/aromatic N) is 2. The normalized spacial score (nSPS) is 24.8. The molecular weight excluding hydrogens is 488 g/mol. The number of hydrogen-bond donors (Lipinski definition) is 2. The van der Waals surface area contributed by atoms with Gasteiger partial charge in [0.15, 0.2) is 6.61 Å².